The fraction of sp³-hybridized carbons (Fsp3) is 0.250. The van der Waals surface area contributed by atoms with Gasteiger partial charge in [-0.2, -0.15) is 0 Å². The number of nitrogens with zero attached hydrogens (tertiary/aromatic N) is 2. The summed E-state index contributed by atoms with van der Waals surface area (Å²) in [7, 11) is 0. The van der Waals surface area contributed by atoms with Crippen molar-refractivity contribution in [3.63, 3.8) is 0 Å². The van der Waals surface area contributed by atoms with Gasteiger partial charge in [0.2, 0.25) is 0 Å². The third kappa shape index (κ3) is 1.34. The largest absolute Gasteiger partial charge is 0.346 e. The molecule has 0 bridgehead atoms. The summed E-state index contributed by atoms with van der Waals surface area (Å²) in [6, 6.07) is 0. The zero-order valence-corrected chi connectivity index (χ0v) is 7.92. The average molecular weight is 215 g/mol. The van der Waals surface area contributed by atoms with Gasteiger partial charge in [0, 0.05) is 18.3 Å². The van der Waals surface area contributed by atoms with Crippen molar-refractivity contribution in [2.45, 2.75) is 6.17 Å². The Morgan fingerprint density at radius 2 is 2.36 bits per heavy atom. The fourth-order valence-electron chi connectivity index (χ4n) is 1.32. The molecule has 0 saturated heterocycles. The van der Waals surface area contributed by atoms with E-state index >= 15 is 0 Å². The van der Waals surface area contributed by atoms with Crippen LogP contribution < -0.4 is 5.73 Å². The van der Waals surface area contributed by atoms with E-state index in [9.17, 15) is 4.39 Å². The van der Waals surface area contributed by atoms with E-state index in [-0.39, 0.29) is 11.7 Å². The number of rotatable bonds is 2. The molecule has 0 aliphatic carbocycles. The van der Waals surface area contributed by atoms with Crippen LogP contribution in [0.1, 0.15) is 11.7 Å². The highest BCUT2D eigenvalue weighted by Gasteiger charge is 2.16. The van der Waals surface area contributed by atoms with Gasteiger partial charge in [-0.15, -0.1) is 0 Å². The van der Waals surface area contributed by atoms with Crippen LogP contribution in [0.3, 0.4) is 0 Å². The first-order chi connectivity index (χ1) is 6.74. The Morgan fingerprint density at radius 1 is 1.57 bits per heavy atom. The molecule has 2 aromatic heterocycles. The van der Waals surface area contributed by atoms with Gasteiger partial charge in [-0.1, -0.05) is 11.6 Å². The maximum atomic E-state index is 13.3. The lowest BCUT2D eigenvalue weighted by atomic mass is 10.1. The number of fused-ring (bicyclic) bond motifs is 1. The van der Waals surface area contributed by atoms with Crippen LogP contribution in [0.25, 0.3) is 11.0 Å². The van der Waals surface area contributed by atoms with E-state index in [0.29, 0.717) is 16.6 Å². The summed E-state index contributed by atoms with van der Waals surface area (Å²) in [5, 5.41) is 0.745. The van der Waals surface area contributed by atoms with Crippen LogP contribution in [-0.4, -0.2) is 21.5 Å². The molecule has 6 heteroatoms. The molecule has 74 valence electrons. The summed E-state index contributed by atoms with van der Waals surface area (Å²) in [5.41, 5.74) is 6.17. The second-order valence-corrected chi connectivity index (χ2v) is 3.19. The highest BCUT2D eigenvalue weighted by Crippen LogP contribution is 2.28. The first-order valence-electron chi connectivity index (χ1n) is 4.05. The van der Waals surface area contributed by atoms with Crippen LogP contribution in [0.2, 0.25) is 5.15 Å². The highest BCUT2D eigenvalue weighted by molar-refractivity contribution is 6.34. The van der Waals surface area contributed by atoms with Gasteiger partial charge in [0.15, 0.2) is 0 Å². The van der Waals surface area contributed by atoms with E-state index in [0.717, 1.165) is 0 Å². The molecule has 0 amide bonds. The fourth-order valence-corrected chi connectivity index (χ4v) is 1.56. The highest BCUT2D eigenvalue weighted by atomic mass is 35.5. The van der Waals surface area contributed by atoms with Crippen LogP contribution in [0, 0.1) is 0 Å². The molecular formula is C8H8ClFN4. The second kappa shape index (κ2) is 3.51. The lowest BCUT2D eigenvalue weighted by molar-refractivity contribution is 0.355. The maximum Gasteiger partial charge on any atom is 0.142 e. The number of aromatic nitrogens is 3. The molecule has 2 heterocycles. The molecule has 1 atom stereocenters. The normalized spacial score (nSPS) is 13.4. The molecule has 0 aliphatic rings. The molecule has 0 saturated carbocycles. The minimum atomic E-state index is -1.24. The van der Waals surface area contributed by atoms with Gasteiger partial charge in [-0.05, 0) is 0 Å². The molecule has 0 radical (unpaired) electrons. The third-order valence-electron chi connectivity index (χ3n) is 2.00. The summed E-state index contributed by atoms with van der Waals surface area (Å²) in [6.07, 6.45) is 1.59. The smallest absolute Gasteiger partial charge is 0.142 e. The molecule has 0 aliphatic heterocycles. The van der Waals surface area contributed by atoms with Crippen molar-refractivity contribution in [3.8, 4) is 0 Å². The van der Waals surface area contributed by atoms with Crippen molar-refractivity contribution >= 4 is 22.6 Å². The minimum Gasteiger partial charge on any atom is -0.346 e. The number of nitrogens with one attached hydrogen (secondary N) is 1. The summed E-state index contributed by atoms with van der Waals surface area (Å²) >= 11 is 5.83. The second-order valence-electron chi connectivity index (χ2n) is 2.84. The molecule has 4 nitrogen and oxygen atoms in total. The van der Waals surface area contributed by atoms with Gasteiger partial charge in [-0.3, -0.25) is 0 Å². The van der Waals surface area contributed by atoms with Crippen molar-refractivity contribution in [3.05, 3.63) is 23.2 Å². The number of halogens is 2. The molecule has 0 fully saturated rings. The summed E-state index contributed by atoms with van der Waals surface area (Å²) in [5.74, 6) is 0. The minimum absolute atomic E-state index is 0.0851. The zero-order valence-electron chi connectivity index (χ0n) is 7.17. The number of alkyl halides is 1. The Bertz CT molecular complexity index is 456. The molecule has 14 heavy (non-hydrogen) atoms. The first-order valence-corrected chi connectivity index (χ1v) is 4.43. The van der Waals surface area contributed by atoms with E-state index in [1.165, 1.54) is 12.5 Å². The lowest BCUT2D eigenvalue weighted by Crippen LogP contribution is -2.07. The Balaban J connectivity index is 2.67. The van der Waals surface area contributed by atoms with Crippen LogP contribution >= 0.6 is 11.6 Å². The van der Waals surface area contributed by atoms with Crippen molar-refractivity contribution in [2.75, 3.05) is 6.54 Å². The summed E-state index contributed by atoms with van der Waals surface area (Å²) < 4.78 is 13.3. The van der Waals surface area contributed by atoms with Crippen molar-refractivity contribution in [2.24, 2.45) is 5.73 Å². The number of nitrogens with two attached hydrogens (primary N) is 1. The monoisotopic (exact) mass is 214 g/mol. The summed E-state index contributed by atoms with van der Waals surface area (Å²) in [6.45, 7) is -0.0851. The Kier molecular flexibility index (Phi) is 2.35. The van der Waals surface area contributed by atoms with Crippen molar-refractivity contribution in [1.82, 2.24) is 15.0 Å². The first kappa shape index (κ1) is 9.36. The topological polar surface area (TPSA) is 67.6 Å². The number of H-pyrrole nitrogens is 1. The number of hydrogen-bond acceptors (Lipinski definition) is 3. The maximum absolute atomic E-state index is 13.3. The molecular weight excluding hydrogens is 207 g/mol. The molecule has 2 aromatic rings. The van der Waals surface area contributed by atoms with Gasteiger partial charge >= 0.3 is 0 Å². The van der Waals surface area contributed by atoms with Crippen LogP contribution in [0.15, 0.2) is 12.5 Å². The number of aromatic amines is 1. The van der Waals surface area contributed by atoms with Crippen LogP contribution in [0.4, 0.5) is 4.39 Å². The summed E-state index contributed by atoms with van der Waals surface area (Å²) in [4.78, 5) is 10.5. The molecule has 0 aromatic carbocycles. The number of hydrogen-bond donors (Lipinski definition) is 2. The predicted octanol–water partition coefficient (Wildman–Crippen LogP) is 1.58. The Morgan fingerprint density at radius 3 is 3.07 bits per heavy atom. The predicted molar refractivity (Wildman–Crippen MR) is 51.8 cm³/mol. The van der Waals surface area contributed by atoms with Crippen molar-refractivity contribution in [1.29, 1.82) is 0 Å². The van der Waals surface area contributed by atoms with Crippen molar-refractivity contribution < 1.29 is 4.39 Å². The zero-order chi connectivity index (χ0) is 10.1. The van der Waals surface area contributed by atoms with Gasteiger partial charge in [0.05, 0.1) is 5.39 Å². The van der Waals surface area contributed by atoms with Gasteiger partial charge in [-0.25, -0.2) is 14.4 Å². The van der Waals surface area contributed by atoms with E-state index in [2.05, 4.69) is 15.0 Å². The SMILES string of the molecule is NCC(F)c1c[nH]c2ncnc(Cl)c12. The van der Waals surface area contributed by atoms with Gasteiger partial charge < -0.3 is 10.7 Å². The van der Waals surface area contributed by atoms with E-state index in [1.807, 2.05) is 0 Å². The van der Waals surface area contributed by atoms with E-state index < -0.39 is 6.17 Å². The van der Waals surface area contributed by atoms with E-state index in [1.54, 1.807) is 0 Å². The molecule has 1 unspecified atom stereocenters. The quantitative estimate of drug-likeness (QED) is 0.746. The third-order valence-corrected chi connectivity index (χ3v) is 2.29. The molecule has 0 spiro atoms. The van der Waals surface area contributed by atoms with Gasteiger partial charge in [0.25, 0.3) is 0 Å². The Labute approximate surface area is 84.3 Å². The average Bonchev–Trinajstić information content (AvgIpc) is 2.62. The Hall–Kier alpha value is -1.20. The van der Waals surface area contributed by atoms with Crippen LogP contribution in [-0.2, 0) is 0 Å². The lowest BCUT2D eigenvalue weighted by Gasteiger charge is -2.02. The molecule has 2 rings (SSSR count). The van der Waals surface area contributed by atoms with E-state index in [4.69, 9.17) is 17.3 Å². The standard InChI is InChI=1S/C8H8ClFN4/c9-7-6-4(5(10)1-11)2-12-8(6)14-3-13-7/h2-3,5H,1,11H2,(H,12,13,14). The van der Waals surface area contributed by atoms with Gasteiger partial charge in [0.1, 0.15) is 23.3 Å². The molecule has 3 N–H and O–H groups in total. The van der Waals surface area contributed by atoms with Crippen LogP contribution in [0.5, 0.6) is 0 Å².